The first kappa shape index (κ1) is 20.9. The first-order valence-corrected chi connectivity index (χ1v) is 8.16. The second-order valence-corrected chi connectivity index (χ2v) is 5.96. The van der Waals surface area contributed by atoms with Crippen LogP contribution in [-0.2, 0) is 6.18 Å². The first-order valence-electron chi connectivity index (χ1n) is 7.17. The number of methoxy groups -OCH3 is 1. The zero-order valence-electron chi connectivity index (χ0n) is 13.6. The molecule has 0 radical (unpaired) electrons. The summed E-state index contributed by atoms with van der Waals surface area (Å²) < 4.78 is 89.7. The highest BCUT2D eigenvalue weighted by atomic mass is 32.2. The van der Waals surface area contributed by atoms with Crippen LogP contribution in [0.3, 0.4) is 0 Å². The lowest BCUT2D eigenvalue weighted by Crippen LogP contribution is -2.08. The van der Waals surface area contributed by atoms with Crippen molar-refractivity contribution in [3.63, 3.8) is 0 Å². The van der Waals surface area contributed by atoms with Crippen molar-refractivity contribution in [1.82, 2.24) is 9.97 Å². The quantitative estimate of drug-likeness (QED) is 0.473. The van der Waals surface area contributed by atoms with Crippen LogP contribution in [0, 0.1) is 0 Å². The van der Waals surface area contributed by atoms with E-state index in [2.05, 4.69) is 9.97 Å². The third kappa shape index (κ3) is 7.04. The summed E-state index contributed by atoms with van der Waals surface area (Å²) in [5.41, 5.74) is -5.53. The Morgan fingerprint density at radius 2 is 1.70 bits per heavy atom. The van der Waals surface area contributed by atoms with E-state index in [0.29, 0.717) is 6.07 Å². The molecular weight excluding hydrogens is 402 g/mol. The molecule has 2 rings (SSSR count). The van der Waals surface area contributed by atoms with Gasteiger partial charge in [0.05, 0.1) is 13.7 Å². The number of pyridine rings is 2. The summed E-state index contributed by atoms with van der Waals surface area (Å²) in [6, 6.07) is 4.46. The van der Waals surface area contributed by atoms with Crippen LogP contribution < -0.4 is 14.2 Å². The number of ether oxygens (including phenoxy) is 3. The third-order valence-corrected chi connectivity index (χ3v) is 3.53. The van der Waals surface area contributed by atoms with Gasteiger partial charge in [0.25, 0.3) is 0 Å². The highest BCUT2D eigenvalue weighted by molar-refractivity contribution is 8.00. The molecule has 12 heteroatoms. The van der Waals surface area contributed by atoms with Crippen LogP contribution in [0.25, 0.3) is 0 Å². The number of halogens is 6. The first-order chi connectivity index (χ1) is 12.6. The van der Waals surface area contributed by atoms with Gasteiger partial charge in [-0.25, -0.2) is 0 Å². The molecule has 0 aromatic carbocycles. The Labute approximate surface area is 153 Å². The molecule has 2 aromatic heterocycles. The fraction of sp³-hybridized carbons (Fsp3) is 0.333. The molecule has 0 N–H and O–H groups in total. The molecule has 0 amide bonds. The number of hydrogen-bond acceptors (Lipinski definition) is 6. The fourth-order valence-electron chi connectivity index (χ4n) is 1.76. The molecule has 0 aliphatic rings. The van der Waals surface area contributed by atoms with Crippen LogP contribution in [0.5, 0.6) is 23.3 Å². The van der Waals surface area contributed by atoms with E-state index in [1.165, 1.54) is 25.3 Å². The van der Waals surface area contributed by atoms with Crippen molar-refractivity contribution < 1.29 is 40.6 Å². The molecule has 0 saturated heterocycles. The van der Waals surface area contributed by atoms with Crippen molar-refractivity contribution in [2.45, 2.75) is 11.7 Å². The summed E-state index contributed by atoms with van der Waals surface area (Å²) in [6.45, 7) is -0.294. The Kier molecular flexibility index (Phi) is 6.63. The predicted octanol–water partition coefficient (Wildman–Crippen LogP) is 4.93. The van der Waals surface area contributed by atoms with E-state index in [1.807, 2.05) is 0 Å². The number of hydrogen-bond donors (Lipinski definition) is 0. The molecule has 0 saturated carbocycles. The van der Waals surface area contributed by atoms with Gasteiger partial charge in [-0.15, -0.1) is 0 Å². The lowest BCUT2D eigenvalue weighted by molar-refractivity contribution is -0.141. The number of aromatic nitrogens is 2. The molecule has 0 spiro atoms. The maximum Gasteiger partial charge on any atom is 0.441 e. The van der Waals surface area contributed by atoms with Gasteiger partial charge < -0.3 is 14.2 Å². The van der Waals surface area contributed by atoms with Crippen molar-refractivity contribution in [3.8, 4) is 23.3 Å². The van der Waals surface area contributed by atoms with Crippen molar-refractivity contribution in [2.75, 3.05) is 19.5 Å². The van der Waals surface area contributed by atoms with Crippen molar-refractivity contribution in [2.24, 2.45) is 0 Å². The molecule has 0 aliphatic carbocycles. The van der Waals surface area contributed by atoms with Crippen LogP contribution in [0.2, 0.25) is 0 Å². The van der Waals surface area contributed by atoms with E-state index < -0.39 is 17.4 Å². The largest absolute Gasteiger partial charge is 0.496 e. The minimum Gasteiger partial charge on any atom is -0.496 e. The molecule has 5 nitrogen and oxygen atoms in total. The number of rotatable bonds is 7. The van der Waals surface area contributed by atoms with Crippen LogP contribution >= 0.6 is 11.8 Å². The van der Waals surface area contributed by atoms with E-state index in [9.17, 15) is 26.3 Å². The standard InChI is InChI=1S/C15H12F6N2O3S/c1-24-10-7-12(25-4-5-27-15(19,20)21)23-13(8-10)26-9-2-3-22-11(6-9)14(16,17)18/h2-3,6-8H,4-5H2,1H3. The van der Waals surface area contributed by atoms with E-state index >= 15 is 0 Å². The number of thioether (sulfide) groups is 1. The summed E-state index contributed by atoms with van der Waals surface area (Å²) in [5, 5.41) is 0. The fourth-order valence-corrected chi connectivity index (χ4v) is 2.15. The molecule has 2 heterocycles. The molecular formula is C15H12F6N2O3S. The van der Waals surface area contributed by atoms with Gasteiger partial charge in [0.2, 0.25) is 11.8 Å². The molecule has 0 bridgehead atoms. The normalized spacial score (nSPS) is 12.0. The molecule has 0 unspecified atom stereocenters. The zero-order valence-corrected chi connectivity index (χ0v) is 14.4. The topological polar surface area (TPSA) is 53.5 Å². The smallest absolute Gasteiger partial charge is 0.441 e. The monoisotopic (exact) mass is 414 g/mol. The summed E-state index contributed by atoms with van der Waals surface area (Å²) in [4.78, 5) is 7.09. The molecule has 2 aromatic rings. The Hall–Kier alpha value is -2.37. The summed E-state index contributed by atoms with van der Waals surface area (Å²) in [6.07, 6.45) is -3.73. The molecule has 0 atom stereocenters. The van der Waals surface area contributed by atoms with Gasteiger partial charge in [0.15, 0.2) is 0 Å². The second-order valence-electron chi connectivity index (χ2n) is 4.80. The van der Waals surface area contributed by atoms with Crippen molar-refractivity contribution in [1.29, 1.82) is 0 Å². The van der Waals surface area contributed by atoms with Crippen LogP contribution in [0.15, 0.2) is 30.5 Å². The Morgan fingerprint density at radius 1 is 1.00 bits per heavy atom. The second kappa shape index (κ2) is 8.55. The van der Waals surface area contributed by atoms with Gasteiger partial charge in [-0.2, -0.15) is 31.3 Å². The van der Waals surface area contributed by atoms with Gasteiger partial charge in [0.1, 0.15) is 17.2 Å². The van der Waals surface area contributed by atoms with Crippen molar-refractivity contribution in [3.05, 3.63) is 36.2 Å². The van der Waals surface area contributed by atoms with E-state index in [1.54, 1.807) is 0 Å². The van der Waals surface area contributed by atoms with E-state index in [4.69, 9.17) is 14.2 Å². The van der Waals surface area contributed by atoms with Gasteiger partial charge >= 0.3 is 11.7 Å². The minimum absolute atomic E-state index is 0.0998. The highest BCUT2D eigenvalue weighted by Crippen LogP contribution is 2.33. The molecule has 148 valence electrons. The number of alkyl halides is 6. The summed E-state index contributed by atoms with van der Waals surface area (Å²) in [5.74, 6) is -0.609. The van der Waals surface area contributed by atoms with Gasteiger partial charge in [-0.1, -0.05) is 0 Å². The third-order valence-electron chi connectivity index (χ3n) is 2.83. The van der Waals surface area contributed by atoms with Crippen molar-refractivity contribution >= 4 is 11.8 Å². The Bertz CT molecular complexity index is 770. The van der Waals surface area contributed by atoms with Gasteiger partial charge in [-0.05, 0) is 17.8 Å². The van der Waals surface area contributed by atoms with Gasteiger partial charge in [0, 0.05) is 30.1 Å². The average Bonchev–Trinajstić information content (AvgIpc) is 2.57. The maximum absolute atomic E-state index is 12.7. The SMILES string of the molecule is COc1cc(OCCSC(F)(F)F)nc(Oc2ccnc(C(F)(F)F)c2)c1. The van der Waals surface area contributed by atoms with Crippen LogP contribution in [-0.4, -0.2) is 34.9 Å². The zero-order chi connectivity index (χ0) is 20.1. The maximum atomic E-state index is 12.7. The minimum atomic E-state index is -4.65. The summed E-state index contributed by atoms with van der Waals surface area (Å²) in [7, 11) is 1.32. The van der Waals surface area contributed by atoms with Crippen LogP contribution in [0.1, 0.15) is 5.69 Å². The van der Waals surface area contributed by atoms with E-state index in [0.717, 1.165) is 6.20 Å². The lowest BCUT2D eigenvalue weighted by Gasteiger charge is -2.12. The van der Waals surface area contributed by atoms with Crippen LogP contribution in [0.4, 0.5) is 26.3 Å². The summed E-state index contributed by atoms with van der Waals surface area (Å²) >= 11 is -0.255. The predicted molar refractivity (Wildman–Crippen MR) is 84.1 cm³/mol. The number of nitrogens with zero attached hydrogens (tertiary/aromatic N) is 2. The Morgan fingerprint density at radius 3 is 2.33 bits per heavy atom. The average molecular weight is 414 g/mol. The molecule has 0 fully saturated rings. The Balaban J connectivity index is 2.11. The molecule has 27 heavy (non-hydrogen) atoms. The van der Waals surface area contributed by atoms with E-state index in [-0.39, 0.29) is 47.4 Å². The lowest BCUT2D eigenvalue weighted by atomic mass is 10.3. The molecule has 0 aliphatic heterocycles. The highest BCUT2D eigenvalue weighted by Gasteiger charge is 2.32. The van der Waals surface area contributed by atoms with Gasteiger partial charge in [-0.3, -0.25) is 4.98 Å².